The summed E-state index contributed by atoms with van der Waals surface area (Å²) < 4.78 is 38.5. The van der Waals surface area contributed by atoms with Gasteiger partial charge in [-0.3, -0.25) is 4.79 Å². The molecule has 1 unspecified atom stereocenters. The molecule has 0 fully saturated rings. The molecule has 0 bridgehead atoms. The van der Waals surface area contributed by atoms with E-state index >= 15 is 0 Å². The van der Waals surface area contributed by atoms with Gasteiger partial charge in [-0.25, -0.2) is 0 Å². The fourth-order valence-electron chi connectivity index (χ4n) is 1.38. The lowest BCUT2D eigenvalue weighted by atomic mass is 10.1. The van der Waals surface area contributed by atoms with E-state index < -0.39 is 28.2 Å². The van der Waals surface area contributed by atoms with E-state index in [1.165, 1.54) is 12.1 Å². The third-order valence-electron chi connectivity index (χ3n) is 2.40. The minimum atomic E-state index is -4.58. The minimum Gasteiger partial charge on any atom is -0.323 e. The number of halogens is 5. The molecule has 1 N–H and O–H groups in total. The quantitative estimate of drug-likeness (QED) is 0.779. The van der Waals surface area contributed by atoms with Crippen molar-refractivity contribution in [2.24, 2.45) is 5.92 Å². The van der Waals surface area contributed by atoms with E-state index in [4.69, 9.17) is 11.6 Å². The van der Waals surface area contributed by atoms with E-state index in [0.29, 0.717) is 0 Å². The molecule has 1 aromatic carbocycles. The third-order valence-corrected chi connectivity index (χ3v) is 4.19. The van der Waals surface area contributed by atoms with Crippen molar-refractivity contribution in [2.45, 2.75) is 24.9 Å². The second-order valence-electron chi connectivity index (χ2n) is 4.30. The molecule has 0 heterocycles. The van der Waals surface area contributed by atoms with Gasteiger partial charge in [-0.2, -0.15) is 13.2 Å². The highest BCUT2D eigenvalue weighted by Crippen LogP contribution is 2.38. The first-order valence-electron chi connectivity index (χ1n) is 5.45. The van der Waals surface area contributed by atoms with Crippen molar-refractivity contribution in [3.05, 3.63) is 28.8 Å². The number of nitrogens with one attached hydrogen (secondary N) is 1. The Bertz CT molecular complexity index is 477. The highest BCUT2D eigenvalue weighted by Gasteiger charge is 2.35. The van der Waals surface area contributed by atoms with Crippen LogP contribution in [0.1, 0.15) is 19.4 Å². The summed E-state index contributed by atoms with van der Waals surface area (Å²) in [7, 11) is 0. The van der Waals surface area contributed by atoms with E-state index in [9.17, 15) is 18.0 Å². The fourth-order valence-corrected chi connectivity index (χ4v) is 1.72. The van der Waals surface area contributed by atoms with Gasteiger partial charge in [0.2, 0.25) is 5.91 Å². The number of carbonyl (C=O) groups excluding carboxylic acids is 1. The predicted molar refractivity (Wildman–Crippen MR) is 72.6 cm³/mol. The molecule has 0 aliphatic carbocycles. The molecular formula is C12H12BrClF3NO. The normalized spacial score (nSPS) is 13.5. The van der Waals surface area contributed by atoms with Crippen LogP contribution in [0.4, 0.5) is 18.9 Å². The maximum absolute atomic E-state index is 12.8. The summed E-state index contributed by atoms with van der Waals surface area (Å²) in [6.07, 6.45) is -4.58. The Morgan fingerprint density at radius 2 is 1.95 bits per heavy atom. The van der Waals surface area contributed by atoms with Gasteiger partial charge in [-0.1, -0.05) is 47.4 Å². The van der Waals surface area contributed by atoms with Crippen LogP contribution in [-0.2, 0) is 11.0 Å². The molecule has 106 valence electrons. The van der Waals surface area contributed by atoms with Crippen LogP contribution >= 0.6 is 27.5 Å². The van der Waals surface area contributed by atoms with Gasteiger partial charge in [0.15, 0.2) is 0 Å². The maximum atomic E-state index is 12.8. The Kier molecular flexibility index (Phi) is 5.26. The third kappa shape index (κ3) is 4.11. The molecule has 2 nitrogen and oxygen atoms in total. The Morgan fingerprint density at radius 3 is 2.42 bits per heavy atom. The molecule has 0 aromatic heterocycles. The number of hydrogen-bond acceptors (Lipinski definition) is 1. The molecule has 7 heteroatoms. The second-order valence-corrected chi connectivity index (χ2v) is 5.69. The van der Waals surface area contributed by atoms with Crippen molar-refractivity contribution in [3.63, 3.8) is 0 Å². The molecule has 1 atom stereocenters. The van der Waals surface area contributed by atoms with Gasteiger partial charge in [0.05, 0.1) is 21.1 Å². The van der Waals surface area contributed by atoms with Gasteiger partial charge in [0, 0.05) is 0 Å². The highest BCUT2D eigenvalue weighted by atomic mass is 79.9. The van der Waals surface area contributed by atoms with Crippen LogP contribution in [0.3, 0.4) is 0 Å². The topological polar surface area (TPSA) is 29.1 Å². The van der Waals surface area contributed by atoms with E-state index in [1.54, 1.807) is 13.8 Å². The number of anilines is 1. The van der Waals surface area contributed by atoms with Gasteiger partial charge in [0.25, 0.3) is 0 Å². The number of para-hydroxylation sites is 1. The summed E-state index contributed by atoms with van der Waals surface area (Å²) in [4.78, 5) is 11.2. The molecule has 0 saturated carbocycles. The Balaban J connectivity index is 3.11. The van der Waals surface area contributed by atoms with E-state index in [0.717, 1.165) is 6.07 Å². The number of hydrogen-bond donors (Lipinski definition) is 1. The largest absolute Gasteiger partial charge is 0.418 e. The fraction of sp³-hybridized carbons (Fsp3) is 0.417. The van der Waals surface area contributed by atoms with Gasteiger partial charge in [-0.05, 0) is 18.1 Å². The van der Waals surface area contributed by atoms with Crippen molar-refractivity contribution in [1.29, 1.82) is 0 Å². The molecule has 0 radical (unpaired) electrons. The molecule has 19 heavy (non-hydrogen) atoms. The zero-order valence-electron chi connectivity index (χ0n) is 10.2. The zero-order chi connectivity index (χ0) is 14.8. The molecular weight excluding hydrogens is 346 g/mol. The lowest BCUT2D eigenvalue weighted by Gasteiger charge is -2.18. The maximum Gasteiger partial charge on any atom is 0.418 e. The van der Waals surface area contributed by atoms with Crippen molar-refractivity contribution in [2.75, 3.05) is 5.32 Å². The summed E-state index contributed by atoms with van der Waals surface area (Å²) in [6.45, 7) is 3.55. The molecule has 0 spiro atoms. The Hall–Kier alpha value is -0.750. The molecule has 1 aromatic rings. The van der Waals surface area contributed by atoms with E-state index in [-0.39, 0.29) is 10.9 Å². The van der Waals surface area contributed by atoms with Gasteiger partial charge < -0.3 is 5.32 Å². The van der Waals surface area contributed by atoms with Crippen molar-refractivity contribution < 1.29 is 18.0 Å². The summed E-state index contributed by atoms with van der Waals surface area (Å²) in [5.41, 5.74) is -1.37. The van der Waals surface area contributed by atoms with Gasteiger partial charge >= 0.3 is 6.18 Å². The van der Waals surface area contributed by atoms with Gasteiger partial charge in [-0.15, -0.1) is 0 Å². The first-order chi connectivity index (χ1) is 8.64. The SMILES string of the molecule is CC(C)C(Br)C(=O)Nc1c(Cl)cccc1C(F)(F)F. The Labute approximate surface area is 122 Å². The van der Waals surface area contributed by atoms with Gasteiger partial charge in [0.1, 0.15) is 0 Å². The average Bonchev–Trinajstić information content (AvgIpc) is 2.28. The standard InChI is InChI=1S/C12H12BrClF3NO/c1-6(2)9(13)11(19)18-10-7(12(15,16)17)4-3-5-8(10)14/h3-6,9H,1-2H3,(H,18,19). The first-order valence-corrected chi connectivity index (χ1v) is 6.74. The van der Waals surface area contributed by atoms with E-state index in [1.807, 2.05) is 0 Å². The zero-order valence-corrected chi connectivity index (χ0v) is 12.5. The monoisotopic (exact) mass is 357 g/mol. The number of rotatable bonds is 3. The average molecular weight is 359 g/mol. The predicted octanol–water partition coefficient (Wildman–Crippen LogP) is 4.72. The Morgan fingerprint density at radius 1 is 1.37 bits per heavy atom. The van der Waals surface area contributed by atoms with Crippen molar-refractivity contribution in [1.82, 2.24) is 0 Å². The van der Waals surface area contributed by atoms with Crippen LogP contribution in [0.15, 0.2) is 18.2 Å². The van der Waals surface area contributed by atoms with Crippen molar-refractivity contribution >= 4 is 39.1 Å². The number of alkyl halides is 4. The second kappa shape index (κ2) is 6.13. The molecule has 1 amide bonds. The van der Waals surface area contributed by atoms with Crippen LogP contribution in [0.2, 0.25) is 5.02 Å². The number of carbonyl (C=O) groups is 1. The van der Waals surface area contributed by atoms with Crippen LogP contribution in [0.5, 0.6) is 0 Å². The first kappa shape index (κ1) is 16.3. The highest BCUT2D eigenvalue weighted by molar-refractivity contribution is 9.10. The lowest BCUT2D eigenvalue weighted by Crippen LogP contribution is -2.28. The molecule has 1 rings (SSSR count). The summed E-state index contributed by atoms with van der Waals surface area (Å²) in [6, 6.07) is 3.36. The number of amides is 1. The van der Waals surface area contributed by atoms with Crippen LogP contribution in [0, 0.1) is 5.92 Å². The lowest BCUT2D eigenvalue weighted by molar-refractivity contribution is -0.137. The van der Waals surface area contributed by atoms with Crippen LogP contribution < -0.4 is 5.32 Å². The smallest absolute Gasteiger partial charge is 0.323 e. The van der Waals surface area contributed by atoms with E-state index in [2.05, 4.69) is 21.2 Å². The molecule has 0 aliphatic heterocycles. The summed E-state index contributed by atoms with van der Waals surface area (Å²) >= 11 is 8.86. The van der Waals surface area contributed by atoms with Crippen LogP contribution in [0.25, 0.3) is 0 Å². The molecule has 0 aliphatic rings. The summed E-state index contributed by atoms with van der Waals surface area (Å²) in [5, 5.41) is 2.08. The molecule has 0 saturated heterocycles. The van der Waals surface area contributed by atoms with Crippen LogP contribution in [-0.4, -0.2) is 10.7 Å². The summed E-state index contributed by atoms with van der Waals surface area (Å²) in [5.74, 6) is -0.620. The number of benzene rings is 1. The van der Waals surface area contributed by atoms with Crippen molar-refractivity contribution in [3.8, 4) is 0 Å². The minimum absolute atomic E-state index is 0.0585.